The molecule has 12 heteroatoms. The number of amides is 1. The van der Waals surface area contributed by atoms with Crippen molar-refractivity contribution in [1.29, 1.82) is 0 Å². The van der Waals surface area contributed by atoms with Gasteiger partial charge in [-0.15, -0.1) is 16.8 Å². The number of nitrogens with one attached hydrogen (secondary N) is 1. The molecule has 2 heterocycles. The third kappa shape index (κ3) is 5.40. The van der Waals surface area contributed by atoms with E-state index in [-0.39, 0.29) is 16.6 Å². The fourth-order valence-corrected chi connectivity index (χ4v) is 3.66. The molecule has 0 saturated heterocycles. The minimum absolute atomic E-state index is 0.0970. The van der Waals surface area contributed by atoms with Crippen LogP contribution in [0.3, 0.4) is 0 Å². The summed E-state index contributed by atoms with van der Waals surface area (Å²) >= 11 is 6.92. The molecule has 0 bridgehead atoms. The molecule has 0 radical (unpaired) electrons. The van der Waals surface area contributed by atoms with E-state index < -0.39 is 17.6 Å². The molecule has 1 N–H and O–H groups in total. The van der Waals surface area contributed by atoms with Crippen LogP contribution in [0.4, 0.5) is 19.0 Å². The number of thioether (sulfide) groups is 1. The van der Waals surface area contributed by atoms with Gasteiger partial charge >= 0.3 is 6.18 Å². The number of alkyl halides is 3. The molecule has 0 fully saturated rings. The van der Waals surface area contributed by atoms with Gasteiger partial charge in [0.2, 0.25) is 5.91 Å². The van der Waals surface area contributed by atoms with Gasteiger partial charge in [-0.2, -0.15) is 13.2 Å². The Hall–Kier alpha value is -3.05. The number of methoxy groups -OCH3 is 1. The molecule has 3 aromatic rings. The van der Waals surface area contributed by atoms with Crippen LogP contribution in [-0.2, 0) is 17.5 Å². The van der Waals surface area contributed by atoms with E-state index in [9.17, 15) is 18.0 Å². The fourth-order valence-electron chi connectivity index (χ4n) is 2.70. The number of carbonyl (C=O) groups is 1. The number of pyridine rings is 1. The zero-order chi connectivity index (χ0) is 23.3. The van der Waals surface area contributed by atoms with Crippen molar-refractivity contribution in [2.24, 2.45) is 0 Å². The average Bonchev–Trinajstić information content (AvgIpc) is 3.15. The van der Waals surface area contributed by atoms with Crippen molar-refractivity contribution >= 4 is 35.1 Å². The Morgan fingerprint density at radius 1 is 1.34 bits per heavy atom. The van der Waals surface area contributed by atoms with Crippen LogP contribution in [-0.4, -0.2) is 38.5 Å². The van der Waals surface area contributed by atoms with Gasteiger partial charge in [0.15, 0.2) is 16.8 Å². The number of anilines is 1. The van der Waals surface area contributed by atoms with E-state index in [0.717, 1.165) is 17.3 Å². The van der Waals surface area contributed by atoms with Gasteiger partial charge in [-0.3, -0.25) is 9.36 Å². The first-order valence-corrected chi connectivity index (χ1v) is 10.4. The molecule has 0 aliphatic heterocycles. The summed E-state index contributed by atoms with van der Waals surface area (Å²) in [5.41, 5.74) is -0.280. The maximum absolute atomic E-state index is 12.7. The Bertz CT molecular complexity index is 1140. The molecule has 168 valence electrons. The first kappa shape index (κ1) is 23.6. The number of carbonyl (C=O) groups excluding carboxylic acids is 1. The summed E-state index contributed by atoms with van der Waals surface area (Å²) in [6, 6.07) is 8.01. The van der Waals surface area contributed by atoms with Gasteiger partial charge in [-0.05, 0) is 18.2 Å². The zero-order valence-corrected chi connectivity index (χ0v) is 18.3. The second kappa shape index (κ2) is 10.0. The number of nitrogens with zero attached hydrogens (tertiary/aromatic N) is 4. The quantitative estimate of drug-likeness (QED) is 0.361. The SMILES string of the molecule is C=CCn1c(SCC(=O)Nc2ncc(C(F)(F)F)cc2Cl)nnc1-c1ccccc1OC. The molecular formula is C20H17ClF3N5O2S. The summed E-state index contributed by atoms with van der Waals surface area (Å²) in [5, 5.41) is 10.9. The number of benzene rings is 1. The number of hydrogen-bond acceptors (Lipinski definition) is 6. The van der Waals surface area contributed by atoms with Gasteiger partial charge in [0.05, 0.1) is 29.0 Å². The monoisotopic (exact) mass is 483 g/mol. The first-order chi connectivity index (χ1) is 15.2. The van der Waals surface area contributed by atoms with Gasteiger partial charge in [-0.25, -0.2) is 4.98 Å². The highest BCUT2D eigenvalue weighted by Crippen LogP contribution is 2.33. The van der Waals surface area contributed by atoms with Crippen LogP contribution in [0.25, 0.3) is 11.4 Å². The standard InChI is InChI=1S/C20H17ClF3N5O2S/c1-3-8-29-18(13-6-4-5-7-15(13)31-2)27-28-19(29)32-11-16(30)26-17-14(21)9-12(10-25-17)20(22,23)24/h3-7,9-10H,1,8,11H2,2H3,(H,25,26,30). The van der Waals surface area contributed by atoms with Crippen molar-refractivity contribution in [3.05, 3.63) is 59.8 Å². The second-order valence-corrected chi connectivity index (χ2v) is 7.64. The molecule has 2 aromatic heterocycles. The second-order valence-electron chi connectivity index (χ2n) is 6.29. The van der Waals surface area contributed by atoms with Crippen molar-refractivity contribution in [3.63, 3.8) is 0 Å². The number of halogens is 4. The minimum atomic E-state index is -4.58. The lowest BCUT2D eigenvalue weighted by atomic mass is 10.2. The Kier molecular flexibility index (Phi) is 7.41. The van der Waals surface area contributed by atoms with Gasteiger partial charge in [-0.1, -0.05) is 41.6 Å². The molecule has 1 aromatic carbocycles. The predicted molar refractivity (Wildman–Crippen MR) is 116 cm³/mol. The minimum Gasteiger partial charge on any atom is -0.496 e. The Morgan fingerprint density at radius 2 is 2.09 bits per heavy atom. The fraction of sp³-hybridized carbons (Fsp3) is 0.200. The molecule has 0 unspecified atom stereocenters. The number of allylic oxidation sites excluding steroid dienone is 1. The largest absolute Gasteiger partial charge is 0.496 e. The van der Waals surface area contributed by atoms with E-state index in [2.05, 4.69) is 27.1 Å². The van der Waals surface area contributed by atoms with Gasteiger partial charge in [0.25, 0.3) is 0 Å². The molecular weight excluding hydrogens is 467 g/mol. The Balaban J connectivity index is 1.74. The molecule has 1 amide bonds. The van der Waals surface area contributed by atoms with Crippen molar-refractivity contribution < 1.29 is 22.7 Å². The van der Waals surface area contributed by atoms with Crippen molar-refractivity contribution in [2.45, 2.75) is 17.9 Å². The summed E-state index contributed by atoms with van der Waals surface area (Å²) in [7, 11) is 1.55. The Labute approximate surface area is 190 Å². The molecule has 0 spiro atoms. The summed E-state index contributed by atoms with van der Waals surface area (Å²) in [6.45, 7) is 4.13. The zero-order valence-electron chi connectivity index (χ0n) is 16.7. The maximum atomic E-state index is 12.7. The van der Waals surface area contributed by atoms with E-state index >= 15 is 0 Å². The number of hydrogen-bond donors (Lipinski definition) is 1. The summed E-state index contributed by atoms with van der Waals surface area (Å²) in [4.78, 5) is 15.9. The van der Waals surface area contributed by atoms with E-state index in [1.54, 1.807) is 23.8 Å². The number of ether oxygens (including phenoxy) is 1. The molecule has 32 heavy (non-hydrogen) atoms. The first-order valence-electron chi connectivity index (χ1n) is 9.07. The maximum Gasteiger partial charge on any atom is 0.417 e. The van der Waals surface area contributed by atoms with E-state index in [1.165, 1.54) is 0 Å². The molecule has 3 rings (SSSR count). The number of para-hydroxylation sites is 1. The van der Waals surface area contributed by atoms with Crippen LogP contribution in [0.1, 0.15) is 5.56 Å². The van der Waals surface area contributed by atoms with Crippen LogP contribution in [0, 0.1) is 0 Å². The molecule has 0 atom stereocenters. The lowest BCUT2D eigenvalue weighted by molar-refractivity contribution is -0.137. The number of rotatable bonds is 8. The average molecular weight is 484 g/mol. The van der Waals surface area contributed by atoms with Gasteiger partial charge < -0.3 is 10.1 Å². The predicted octanol–water partition coefficient (Wildman–Crippen LogP) is 4.94. The third-order valence-electron chi connectivity index (χ3n) is 4.14. The van der Waals surface area contributed by atoms with Crippen LogP contribution < -0.4 is 10.1 Å². The Morgan fingerprint density at radius 3 is 2.75 bits per heavy atom. The molecule has 0 aliphatic rings. The van der Waals surface area contributed by atoms with Crippen molar-refractivity contribution in [3.8, 4) is 17.1 Å². The van der Waals surface area contributed by atoms with Crippen molar-refractivity contribution in [1.82, 2.24) is 19.7 Å². The van der Waals surface area contributed by atoms with Gasteiger partial charge in [0, 0.05) is 12.7 Å². The van der Waals surface area contributed by atoms with Gasteiger partial charge in [0.1, 0.15) is 5.75 Å². The van der Waals surface area contributed by atoms with E-state index in [4.69, 9.17) is 16.3 Å². The summed E-state index contributed by atoms with van der Waals surface area (Å²) < 4.78 is 45.3. The normalized spacial score (nSPS) is 11.3. The summed E-state index contributed by atoms with van der Waals surface area (Å²) in [6.07, 6.45) is -2.31. The van der Waals surface area contributed by atoms with Crippen LogP contribution in [0.2, 0.25) is 5.02 Å². The highest BCUT2D eigenvalue weighted by atomic mass is 35.5. The highest BCUT2D eigenvalue weighted by Gasteiger charge is 2.31. The van der Waals surface area contributed by atoms with Crippen molar-refractivity contribution in [2.75, 3.05) is 18.2 Å². The molecule has 0 saturated carbocycles. The number of aromatic nitrogens is 4. The molecule has 0 aliphatic carbocycles. The third-order valence-corrected chi connectivity index (χ3v) is 5.39. The molecule has 7 nitrogen and oxygen atoms in total. The smallest absolute Gasteiger partial charge is 0.417 e. The van der Waals surface area contributed by atoms with Crippen LogP contribution in [0.5, 0.6) is 5.75 Å². The highest BCUT2D eigenvalue weighted by molar-refractivity contribution is 7.99. The van der Waals surface area contributed by atoms with E-state index in [1.807, 2.05) is 18.2 Å². The topological polar surface area (TPSA) is 81.9 Å². The van der Waals surface area contributed by atoms with E-state index in [0.29, 0.717) is 35.5 Å². The lowest BCUT2D eigenvalue weighted by Crippen LogP contribution is -2.16. The van der Waals surface area contributed by atoms with Crippen LogP contribution in [0.15, 0.2) is 54.3 Å². The lowest BCUT2D eigenvalue weighted by Gasteiger charge is -2.11. The summed E-state index contributed by atoms with van der Waals surface area (Å²) in [5.74, 6) is 0.379. The van der Waals surface area contributed by atoms with Crippen LogP contribution >= 0.6 is 23.4 Å².